The summed E-state index contributed by atoms with van der Waals surface area (Å²) in [7, 11) is 0. The van der Waals surface area contributed by atoms with E-state index in [9.17, 15) is 4.39 Å². The van der Waals surface area contributed by atoms with Gasteiger partial charge < -0.3 is 10.2 Å². The van der Waals surface area contributed by atoms with E-state index in [2.05, 4.69) is 22.1 Å². The molecule has 1 aliphatic carbocycles. The molecule has 0 amide bonds. The summed E-state index contributed by atoms with van der Waals surface area (Å²) in [6.45, 7) is 3.75. The van der Waals surface area contributed by atoms with Gasteiger partial charge in [-0.2, -0.15) is 0 Å². The lowest BCUT2D eigenvalue weighted by Crippen LogP contribution is -2.36. The van der Waals surface area contributed by atoms with Crippen LogP contribution in [0.15, 0.2) is 12.3 Å². The number of nitrogens with one attached hydrogen (secondary N) is 1. The van der Waals surface area contributed by atoms with E-state index in [0.717, 1.165) is 31.4 Å². The molecule has 0 aromatic carbocycles. The van der Waals surface area contributed by atoms with Crippen molar-refractivity contribution in [2.24, 2.45) is 0 Å². The molecule has 2 aliphatic rings. The van der Waals surface area contributed by atoms with Gasteiger partial charge in [0.15, 0.2) is 11.6 Å². The third-order valence-electron chi connectivity index (χ3n) is 4.73. The van der Waals surface area contributed by atoms with Crippen LogP contribution < -0.4 is 10.2 Å². The van der Waals surface area contributed by atoms with Crippen molar-refractivity contribution in [1.82, 2.24) is 10.3 Å². The van der Waals surface area contributed by atoms with Crippen LogP contribution in [-0.4, -0.2) is 23.6 Å². The Labute approximate surface area is 126 Å². The monoisotopic (exact) mass is 291 g/mol. The van der Waals surface area contributed by atoms with Crippen LogP contribution in [0, 0.1) is 5.82 Å². The van der Waals surface area contributed by atoms with Crippen LogP contribution in [0.25, 0.3) is 0 Å². The van der Waals surface area contributed by atoms with Crippen LogP contribution in [-0.2, 0) is 6.54 Å². The molecular formula is C17H26FN3. The van der Waals surface area contributed by atoms with E-state index in [0.29, 0.717) is 24.4 Å². The summed E-state index contributed by atoms with van der Waals surface area (Å²) < 4.78 is 14.8. The number of rotatable bonds is 5. The van der Waals surface area contributed by atoms with Gasteiger partial charge in [0.05, 0.1) is 0 Å². The highest BCUT2D eigenvalue weighted by Gasteiger charge is 2.25. The summed E-state index contributed by atoms with van der Waals surface area (Å²) in [5, 5.41) is 3.40. The van der Waals surface area contributed by atoms with E-state index in [-0.39, 0.29) is 5.82 Å². The lowest BCUT2D eigenvalue weighted by molar-refractivity contribution is 0.525. The van der Waals surface area contributed by atoms with Crippen molar-refractivity contribution >= 4 is 5.82 Å². The molecule has 1 unspecified atom stereocenters. The van der Waals surface area contributed by atoms with Crippen molar-refractivity contribution in [2.75, 3.05) is 11.4 Å². The third kappa shape index (κ3) is 3.54. The average molecular weight is 291 g/mol. The molecule has 1 atom stereocenters. The molecule has 21 heavy (non-hydrogen) atoms. The molecule has 4 heteroatoms. The molecule has 3 nitrogen and oxygen atoms in total. The maximum atomic E-state index is 14.8. The first kappa shape index (κ1) is 14.8. The summed E-state index contributed by atoms with van der Waals surface area (Å²) in [6.07, 6.45) is 10.1. The number of hydrogen-bond donors (Lipinski definition) is 1. The Kier molecular flexibility index (Phi) is 4.73. The minimum Gasteiger partial charge on any atom is -0.351 e. The number of halogens is 1. The number of anilines is 1. The van der Waals surface area contributed by atoms with E-state index in [1.165, 1.54) is 25.7 Å². The fraction of sp³-hybridized carbons (Fsp3) is 0.706. The average Bonchev–Trinajstić information content (AvgIpc) is 3.33. The van der Waals surface area contributed by atoms with Crippen LogP contribution >= 0.6 is 0 Å². The van der Waals surface area contributed by atoms with Crippen LogP contribution in [0.4, 0.5) is 10.2 Å². The second kappa shape index (κ2) is 6.73. The maximum Gasteiger partial charge on any atom is 0.170 e. The molecule has 3 rings (SSSR count). The number of aromatic nitrogens is 1. The van der Waals surface area contributed by atoms with Gasteiger partial charge in [0.1, 0.15) is 0 Å². The Morgan fingerprint density at radius 1 is 1.29 bits per heavy atom. The summed E-state index contributed by atoms with van der Waals surface area (Å²) in [5.41, 5.74) is 0.756. The molecule has 1 N–H and O–H groups in total. The Balaban J connectivity index is 1.79. The largest absolute Gasteiger partial charge is 0.351 e. The number of pyridine rings is 1. The molecule has 1 aromatic heterocycles. The van der Waals surface area contributed by atoms with Crippen molar-refractivity contribution in [3.63, 3.8) is 0 Å². The quantitative estimate of drug-likeness (QED) is 0.898. The van der Waals surface area contributed by atoms with Crippen LogP contribution in [0.1, 0.15) is 57.4 Å². The molecule has 116 valence electrons. The van der Waals surface area contributed by atoms with Gasteiger partial charge in [-0.25, -0.2) is 9.37 Å². The highest BCUT2D eigenvalue weighted by Crippen LogP contribution is 2.28. The summed E-state index contributed by atoms with van der Waals surface area (Å²) in [5.74, 6) is 0.449. The standard InChI is InChI=1S/C17H26FN3/c1-2-15-6-4-3-5-11-21(15)17-16(18)13(9-10-19-17)12-20-14-7-8-14/h9-10,14-15,20H,2-8,11-12H2,1H3. The second-order valence-electron chi connectivity index (χ2n) is 6.37. The fourth-order valence-corrected chi connectivity index (χ4v) is 3.23. The first-order chi connectivity index (χ1) is 10.3. The minimum absolute atomic E-state index is 0.119. The maximum absolute atomic E-state index is 14.8. The number of hydrogen-bond acceptors (Lipinski definition) is 3. The topological polar surface area (TPSA) is 28.2 Å². The first-order valence-electron chi connectivity index (χ1n) is 8.43. The molecule has 0 spiro atoms. The minimum atomic E-state index is -0.119. The molecule has 1 saturated heterocycles. The van der Waals surface area contributed by atoms with E-state index in [1.54, 1.807) is 6.20 Å². The van der Waals surface area contributed by atoms with Gasteiger partial charge >= 0.3 is 0 Å². The van der Waals surface area contributed by atoms with E-state index < -0.39 is 0 Å². The van der Waals surface area contributed by atoms with Gasteiger partial charge in [0.25, 0.3) is 0 Å². The van der Waals surface area contributed by atoms with Gasteiger partial charge in [0.2, 0.25) is 0 Å². The second-order valence-corrected chi connectivity index (χ2v) is 6.37. The molecular weight excluding hydrogens is 265 g/mol. The van der Waals surface area contributed by atoms with E-state index in [4.69, 9.17) is 0 Å². The zero-order valence-electron chi connectivity index (χ0n) is 12.9. The van der Waals surface area contributed by atoms with E-state index >= 15 is 0 Å². The molecule has 2 heterocycles. The molecule has 1 aromatic rings. The van der Waals surface area contributed by atoms with Crippen LogP contribution in [0.5, 0.6) is 0 Å². The summed E-state index contributed by atoms with van der Waals surface area (Å²) in [6, 6.07) is 2.84. The lowest BCUT2D eigenvalue weighted by atomic mass is 10.1. The lowest BCUT2D eigenvalue weighted by Gasteiger charge is -2.31. The van der Waals surface area contributed by atoms with Gasteiger partial charge in [-0.15, -0.1) is 0 Å². The fourth-order valence-electron chi connectivity index (χ4n) is 3.23. The number of nitrogens with zero attached hydrogens (tertiary/aromatic N) is 2. The highest BCUT2D eigenvalue weighted by atomic mass is 19.1. The van der Waals surface area contributed by atoms with Gasteiger partial charge in [-0.05, 0) is 38.2 Å². The smallest absolute Gasteiger partial charge is 0.170 e. The van der Waals surface area contributed by atoms with Gasteiger partial charge in [-0.1, -0.05) is 19.8 Å². The SMILES string of the molecule is CCC1CCCCCN1c1nccc(CNC2CC2)c1F. The molecule has 0 radical (unpaired) electrons. The first-order valence-corrected chi connectivity index (χ1v) is 8.43. The highest BCUT2D eigenvalue weighted by molar-refractivity contribution is 5.44. The molecule has 1 saturated carbocycles. The summed E-state index contributed by atoms with van der Waals surface area (Å²) >= 11 is 0. The summed E-state index contributed by atoms with van der Waals surface area (Å²) in [4.78, 5) is 6.58. The van der Waals surface area contributed by atoms with Crippen molar-refractivity contribution in [2.45, 2.75) is 70.5 Å². The zero-order valence-corrected chi connectivity index (χ0v) is 12.9. The van der Waals surface area contributed by atoms with E-state index in [1.807, 2.05) is 6.07 Å². The normalized spacial score (nSPS) is 23.1. The Morgan fingerprint density at radius 2 is 2.14 bits per heavy atom. The molecule has 2 fully saturated rings. The predicted octanol–water partition coefficient (Wildman–Crippen LogP) is 3.63. The van der Waals surface area contributed by atoms with Crippen molar-refractivity contribution in [1.29, 1.82) is 0 Å². The van der Waals surface area contributed by atoms with Crippen molar-refractivity contribution in [3.8, 4) is 0 Å². The van der Waals surface area contributed by atoms with Crippen molar-refractivity contribution in [3.05, 3.63) is 23.6 Å². The third-order valence-corrected chi connectivity index (χ3v) is 4.73. The molecule has 1 aliphatic heterocycles. The Hall–Kier alpha value is -1.16. The van der Waals surface area contributed by atoms with Crippen molar-refractivity contribution < 1.29 is 4.39 Å². The Morgan fingerprint density at radius 3 is 2.90 bits per heavy atom. The van der Waals surface area contributed by atoms with Crippen LogP contribution in [0.3, 0.4) is 0 Å². The van der Waals surface area contributed by atoms with Gasteiger partial charge in [-0.3, -0.25) is 0 Å². The Bertz CT molecular complexity index is 473. The predicted molar refractivity (Wildman–Crippen MR) is 83.9 cm³/mol. The van der Waals surface area contributed by atoms with Gasteiger partial charge in [0, 0.05) is 36.9 Å². The zero-order chi connectivity index (χ0) is 14.7. The van der Waals surface area contributed by atoms with Crippen LogP contribution in [0.2, 0.25) is 0 Å². The molecule has 0 bridgehead atoms.